The highest BCUT2D eigenvalue weighted by molar-refractivity contribution is 7.85. The van der Waals surface area contributed by atoms with E-state index >= 15 is 0 Å². The highest BCUT2D eigenvalue weighted by Crippen LogP contribution is 2.17. The Morgan fingerprint density at radius 2 is 1.88 bits per heavy atom. The Labute approximate surface area is 98.2 Å². The average molecular weight is 241 g/mol. The summed E-state index contributed by atoms with van der Waals surface area (Å²) in [5.41, 5.74) is 0.525. The van der Waals surface area contributed by atoms with Crippen molar-refractivity contribution in [3.63, 3.8) is 0 Å². The number of benzene rings is 1. The molecule has 0 aliphatic carbocycles. The molecule has 0 saturated carbocycles. The van der Waals surface area contributed by atoms with Gasteiger partial charge in [-0.1, -0.05) is 30.3 Å². The maximum atomic E-state index is 13.6. The molecule has 1 unspecified atom stereocenters. The standard InChI is InChI=1S/C12H16FNOS/c1-12(2,3)16(15)14-9-11(13)10-7-5-4-6-8-10/h4-9,11H,1-3H3/b14-9+/t11?,16-/m1/s1. The van der Waals surface area contributed by atoms with Crippen LogP contribution in [0.1, 0.15) is 32.5 Å². The largest absolute Gasteiger partial charge is 0.236 e. The van der Waals surface area contributed by atoms with Crippen LogP contribution in [-0.4, -0.2) is 15.2 Å². The summed E-state index contributed by atoms with van der Waals surface area (Å²) in [6.45, 7) is 5.41. The Hall–Kier alpha value is -1.03. The van der Waals surface area contributed by atoms with Crippen molar-refractivity contribution in [3.05, 3.63) is 35.9 Å². The van der Waals surface area contributed by atoms with Crippen LogP contribution in [0.4, 0.5) is 4.39 Å². The lowest BCUT2D eigenvalue weighted by Crippen LogP contribution is -2.19. The van der Waals surface area contributed by atoms with Crippen LogP contribution in [0.25, 0.3) is 0 Å². The molecular weight excluding hydrogens is 225 g/mol. The van der Waals surface area contributed by atoms with Crippen LogP contribution in [0.3, 0.4) is 0 Å². The number of alkyl halides is 1. The zero-order valence-electron chi connectivity index (χ0n) is 9.68. The van der Waals surface area contributed by atoms with Gasteiger partial charge in [0.1, 0.15) is 11.0 Å². The third kappa shape index (κ3) is 3.85. The number of halogens is 1. The van der Waals surface area contributed by atoms with Crippen LogP contribution in [0.15, 0.2) is 34.7 Å². The Morgan fingerprint density at radius 3 is 2.38 bits per heavy atom. The van der Waals surface area contributed by atoms with E-state index in [2.05, 4.69) is 4.40 Å². The second-order valence-corrected chi connectivity index (χ2v) is 6.36. The molecule has 0 fully saturated rings. The predicted molar refractivity (Wildman–Crippen MR) is 66.7 cm³/mol. The highest BCUT2D eigenvalue weighted by atomic mass is 32.2. The van der Waals surface area contributed by atoms with E-state index in [0.29, 0.717) is 5.56 Å². The van der Waals surface area contributed by atoms with Gasteiger partial charge < -0.3 is 0 Å². The van der Waals surface area contributed by atoms with E-state index in [4.69, 9.17) is 0 Å². The first-order valence-corrected chi connectivity index (χ1v) is 6.17. The molecule has 0 radical (unpaired) electrons. The Kier molecular flexibility index (Phi) is 4.35. The summed E-state index contributed by atoms with van der Waals surface area (Å²) < 4.78 is 28.4. The summed E-state index contributed by atoms with van der Waals surface area (Å²) in [4.78, 5) is 0. The second kappa shape index (κ2) is 5.34. The molecule has 2 nitrogen and oxygen atoms in total. The smallest absolute Gasteiger partial charge is 0.161 e. The lowest BCUT2D eigenvalue weighted by Gasteiger charge is -2.13. The summed E-state index contributed by atoms with van der Waals surface area (Å²) >= 11 is 0. The Balaban J connectivity index is 2.69. The van der Waals surface area contributed by atoms with E-state index in [1.54, 1.807) is 45.0 Å². The van der Waals surface area contributed by atoms with Gasteiger partial charge in [0.05, 0.1) is 11.0 Å². The van der Waals surface area contributed by atoms with E-state index in [0.717, 1.165) is 6.21 Å². The normalized spacial score (nSPS) is 16.2. The maximum absolute atomic E-state index is 13.6. The van der Waals surface area contributed by atoms with Crippen LogP contribution in [0, 0.1) is 0 Å². The van der Waals surface area contributed by atoms with Gasteiger partial charge in [-0.25, -0.2) is 8.60 Å². The van der Waals surface area contributed by atoms with Gasteiger partial charge in [-0.15, -0.1) is 0 Å². The Morgan fingerprint density at radius 1 is 1.31 bits per heavy atom. The monoisotopic (exact) mass is 241 g/mol. The van der Waals surface area contributed by atoms with Crippen LogP contribution >= 0.6 is 0 Å². The molecule has 0 heterocycles. The molecule has 0 saturated heterocycles. The van der Waals surface area contributed by atoms with E-state index in [-0.39, 0.29) is 0 Å². The molecule has 1 aromatic rings. The van der Waals surface area contributed by atoms with Crippen molar-refractivity contribution in [3.8, 4) is 0 Å². The number of hydrogen-bond acceptors (Lipinski definition) is 1. The van der Waals surface area contributed by atoms with Gasteiger partial charge in [0.15, 0.2) is 6.17 Å². The minimum absolute atomic E-state index is 0.451. The molecule has 0 N–H and O–H groups in total. The molecule has 4 heteroatoms. The van der Waals surface area contributed by atoms with Gasteiger partial charge in [-0.2, -0.15) is 4.40 Å². The summed E-state index contributed by atoms with van der Waals surface area (Å²) in [6, 6.07) is 8.70. The van der Waals surface area contributed by atoms with Crippen molar-refractivity contribution in [2.45, 2.75) is 31.7 Å². The van der Waals surface area contributed by atoms with Crippen molar-refractivity contribution in [2.75, 3.05) is 0 Å². The molecular formula is C12H16FNOS. The fourth-order valence-corrected chi connectivity index (χ4v) is 1.52. The maximum Gasteiger partial charge on any atom is 0.161 e. The van der Waals surface area contributed by atoms with E-state index in [9.17, 15) is 8.60 Å². The lowest BCUT2D eigenvalue weighted by atomic mass is 10.1. The van der Waals surface area contributed by atoms with Crippen LogP contribution in [-0.2, 0) is 11.0 Å². The van der Waals surface area contributed by atoms with Gasteiger partial charge >= 0.3 is 0 Å². The van der Waals surface area contributed by atoms with Gasteiger partial charge in [0, 0.05) is 0 Å². The molecule has 0 aromatic heterocycles. The SMILES string of the molecule is CC(C)(C)[S@@](=O)/N=C/C(F)c1ccccc1. The summed E-state index contributed by atoms with van der Waals surface area (Å²) in [5, 5.41) is 0. The lowest BCUT2D eigenvalue weighted by molar-refractivity contribution is 0.447. The van der Waals surface area contributed by atoms with Crippen molar-refractivity contribution in [1.29, 1.82) is 0 Å². The minimum Gasteiger partial charge on any atom is -0.236 e. The first kappa shape index (κ1) is 13.0. The number of rotatable bonds is 3. The van der Waals surface area contributed by atoms with Gasteiger partial charge in [-0.05, 0) is 26.3 Å². The molecule has 0 spiro atoms. The van der Waals surface area contributed by atoms with E-state index < -0.39 is 21.9 Å². The molecule has 1 rings (SSSR count). The van der Waals surface area contributed by atoms with Crippen LogP contribution in [0.2, 0.25) is 0 Å². The third-order valence-corrected chi connectivity index (χ3v) is 3.29. The predicted octanol–water partition coefficient (Wildman–Crippen LogP) is 3.23. The zero-order valence-corrected chi connectivity index (χ0v) is 10.5. The Bertz CT molecular complexity index is 384. The summed E-state index contributed by atoms with van der Waals surface area (Å²) in [5.74, 6) is 0. The van der Waals surface area contributed by atoms with Gasteiger partial charge in [0.2, 0.25) is 0 Å². The first-order chi connectivity index (χ1) is 7.41. The summed E-state index contributed by atoms with van der Waals surface area (Å²) in [6.07, 6.45) is -0.191. The van der Waals surface area contributed by atoms with E-state index in [1.807, 2.05) is 6.07 Å². The average Bonchev–Trinajstić information content (AvgIpc) is 2.25. The van der Waals surface area contributed by atoms with Crippen molar-refractivity contribution < 1.29 is 8.60 Å². The molecule has 16 heavy (non-hydrogen) atoms. The van der Waals surface area contributed by atoms with Crippen molar-refractivity contribution in [1.82, 2.24) is 0 Å². The van der Waals surface area contributed by atoms with Crippen LogP contribution < -0.4 is 0 Å². The highest BCUT2D eigenvalue weighted by Gasteiger charge is 2.18. The molecule has 2 atom stereocenters. The molecule has 0 aliphatic heterocycles. The third-order valence-electron chi connectivity index (χ3n) is 1.93. The minimum atomic E-state index is -1.40. The van der Waals surface area contributed by atoms with Gasteiger partial charge in [-0.3, -0.25) is 0 Å². The molecule has 1 aromatic carbocycles. The van der Waals surface area contributed by atoms with Gasteiger partial charge in [0.25, 0.3) is 0 Å². The fourth-order valence-electron chi connectivity index (χ4n) is 0.990. The quantitative estimate of drug-likeness (QED) is 0.747. The van der Waals surface area contributed by atoms with E-state index in [1.165, 1.54) is 0 Å². The topological polar surface area (TPSA) is 29.4 Å². The zero-order chi connectivity index (χ0) is 12.2. The number of nitrogens with zero attached hydrogens (tertiary/aromatic N) is 1. The number of hydrogen-bond donors (Lipinski definition) is 0. The fraction of sp³-hybridized carbons (Fsp3) is 0.417. The van der Waals surface area contributed by atoms with Crippen LogP contribution in [0.5, 0.6) is 0 Å². The molecule has 0 bridgehead atoms. The first-order valence-electron chi connectivity index (χ1n) is 5.06. The molecule has 88 valence electrons. The van der Waals surface area contributed by atoms with Crippen molar-refractivity contribution in [2.24, 2.45) is 4.40 Å². The molecule has 0 amide bonds. The molecule has 0 aliphatic rings. The summed E-state index contributed by atoms with van der Waals surface area (Å²) in [7, 11) is -1.40. The van der Waals surface area contributed by atoms with Crippen molar-refractivity contribution >= 4 is 17.2 Å². The second-order valence-electron chi connectivity index (χ2n) is 4.43.